The summed E-state index contributed by atoms with van der Waals surface area (Å²) in [5.74, 6) is -1.57. The Morgan fingerprint density at radius 2 is 2.17 bits per heavy atom. The van der Waals surface area contributed by atoms with E-state index in [0.717, 1.165) is 0 Å². The molecule has 3 amide bonds. The van der Waals surface area contributed by atoms with E-state index in [2.05, 4.69) is 5.32 Å². The van der Waals surface area contributed by atoms with Gasteiger partial charge in [-0.2, -0.15) is 0 Å². The number of primary amides is 1. The summed E-state index contributed by atoms with van der Waals surface area (Å²) in [6.45, 7) is 0.595. The second-order valence-electron chi connectivity index (χ2n) is 3.94. The summed E-state index contributed by atoms with van der Waals surface area (Å²) in [7, 11) is 0. The van der Waals surface area contributed by atoms with Gasteiger partial charge in [0.25, 0.3) is 0 Å². The minimum absolute atomic E-state index is 0.153. The monoisotopic (exact) mass is 259 g/mol. The molecule has 0 bridgehead atoms. The number of nitrogens with two attached hydrogens (primary N) is 1. The second-order valence-corrected chi connectivity index (χ2v) is 3.94. The number of urea groups is 1. The van der Waals surface area contributed by atoms with Crippen LogP contribution in [0.15, 0.2) is 0 Å². The van der Waals surface area contributed by atoms with Crippen molar-refractivity contribution in [2.75, 3.05) is 26.3 Å². The molecule has 18 heavy (non-hydrogen) atoms. The van der Waals surface area contributed by atoms with Gasteiger partial charge in [0.1, 0.15) is 12.6 Å². The number of likely N-dealkylation sites (tertiary alicyclic amines) is 1. The third-order valence-electron chi connectivity index (χ3n) is 2.57. The van der Waals surface area contributed by atoms with Gasteiger partial charge in [0.05, 0.1) is 6.61 Å². The number of carbonyl (C=O) groups excluding carboxylic acids is 2. The predicted molar refractivity (Wildman–Crippen MR) is 60.8 cm³/mol. The minimum Gasteiger partial charge on any atom is -0.480 e. The van der Waals surface area contributed by atoms with Crippen molar-refractivity contribution < 1.29 is 24.2 Å². The molecule has 0 aromatic heterocycles. The molecule has 0 unspecified atom stereocenters. The fourth-order valence-electron chi connectivity index (χ4n) is 1.77. The van der Waals surface area contributed by atoms with Crippen molar-refractivity contribution in [3.8, 4) is 0 Å². The quantitative estimate of drug-likeness (QED) is 0.514. The van der Waals surface area contributed by atoms with E-state index in [4.69, 9.17) is 15.6 Å². The number of carboxylic acids is 1. The predicted octanol–water partition coefficient (Wildman–Crippen LogP) is -1.25. The minimum atomic E-state index is -0.993. The van der Waals surface area contributed by atoms with E-state index in [9.17, 15) is 14.4 Å². The van der Waals surface area contributed by atoms with Crippen molar-refractivity contribution in [2.45, 2.75) is 18.9 Å². The topological polar surface area (TPSA) is 122 Å². The van der Waals surface area contributed by atoms with E-state index < -0.39 is 23.9 Å². The van der Waals surface area contributed by atoms with E-state index in [1.165, 1.54) is 4.90 Å². The Balaban J connectivity index is 2.24. The maximum atomic E-state index is 11.7. The first-order valence-corrected chi connectivity index (χ1v) is 5.65. The van der Waals surface area contributed by atoms with Crippen LogP contribution in [-0.4, -0.2) is 60.3 Å². The Hall–Kier alpha value is -1.83. The van der Waals surface area contributed by atoms with Crippen LogP contribution in [0.5, 0.6) is 0 Å². The Bertz CT molecular complexity index is 333. The van der Waals surface area contributed by atoms with Gasteiger partial charge >= 0.3 is 12.0 Å². The molecule has 1 heterocycles. The highest BCUT2D eigenvalue weighted by Gasteiger charge is 2.33. The Labute approximate surface area is 104 Å². The van der Waals surface area contributed by atoms with Crippen molar-refractivity contribution in [3.05, 3.63) is 0 Å². The molecule has 8 heteroatoms. The Morgan fingerprint density at radius 3 is 2.78 bits per heavy atom. The molecule has 1 fully saturated rings. The lowest BCUT2D eigenvalue weighted by atomic mass is 10.2. The molecule has 0 aromatic carbocycles. The highest BCUT2D eigenvalue weighted by atomic mass is 16.5. The molecule has 8 nitrogen and oxygen atoms in total. The average molecular weight is 259 g/mol. The van der Waals surface area contributed by atoms with Crippen LogP contribution in [0.2, 0.25) is 0 Å². The lowest BCUT2D eigenvalue weighted by Gasteiger charge is -2.21. The van der Waals surface area contributed by atoms with Crippen LogP contribution in [0.1, 0.15) is 12.8 Å². The number of nitrogens with zero attached hydrogens (tertiary/aromatic N) is 1. The molecule has 0 aromatic rings. The van der Waals surface area contributed by atoms with Crippen LogP contribution >= 0.6 is 0 Å². The summed E-state index contributed by atoms with van der Waals surface area (Å²) in [5, 5.41) is 11.4. The van der Waals surface area contributed by atoms with Gasteiger partial charge in [-0.1, -0.05) is 0 Å². The van der Waals surface area contributed by atoms with E-state index in [1.54, 1.807) is 0 Å². The largest absolute Gasteiger partial charge is 0.480 e. The van der Waals surface area contributed by atoms with Crippen LogP contribution in [-0.2, 0) is 14.3 Å². The number of aliphatic carboxylic acids is 1. The van der Waals surface area contributed by atoms with Crippen molar-refractivity contribution in [2.24, 2.45) is 5.73 Å². The number of nitrogens with one attached hydrogen (secondary N) is 1. The fourth-order valence-corrected chi connectivity index (χ4v) is 1.77. The lowest BCUT2D eigenvalue weighted by Crippen LogP contribution is -2.46. The molecule has 4 N–H and O–H groups in total. The molecule has 0 spiro atoms. The normalized spacial score (nSPS) is 18.7. The van der Waals surface area contributed by atoms with Crippen LogP contribution in [0.25, 0.3) is 0 Å². The molecule has 102 valence electrons. The van der Waals surface area contributed by atoms with Gasteiger partial charge in [-0.05, 0) is 12.8 Å². The highest BCUT2D eigenvalue weighted by Crippen LogP contribution is 2.16. The molecule has 0 saturated carbocycles. The highest BCUT2D eigenvalue weighted by molar-refractivity contribution is 5.83. The molecule has 1 aliphatic heterocycles. The van der Waals surface area contributed by atoms with Gasteiger partial charge < -0.3 is 25.8 Å². The van der Waals surface area contributed by atoms with E-state index in [-0.39, 0.29) is 19.8 Å². The number of carbonyl (C=O) groups is 3. The first-order valence-electron chi connectivity index (χ1n) is 5.65. The molecule has 1 aliphatic rings. The molecule has 0 aliphatic carbocycles. The third-order valence-corrected chi connectivity index (χ3v) is 2.57. The van der Waals surface area contributed by atoms with E-state index in [0.29, 0.717) is 19.4 Å². The molecule has 1 atom stereocenters. The van der Waals surface area contributed by atoms with Gasteiger partial charge in [-0.25, -0.2) is 9.59 Å². The smallest absolute Gasteiger partial charge is 0.326 e. The van der Waals surface area contributed by atoms with E-state index >= 15 is 0 Å². The number of ether oxygens (including phenoxy) is 1. The van der Waals surface area contributed by atoms with Gasteiger partial charge in [-0.15, -0.1) is 0 Å². The molecular formula is C10H17N3O5. The van der Waals surface area contributed by atoms with Gasteiger partial charge in [-0.3, -0.25) is 4.79 Å². The lowest BCUT2D eigenvalue weighted by molar-refractivity contribution is -0.141. The standard InChI is InChI=1S/C10H17N3O5/c11-8(14)6-18-5-3-12-10(17)13-4-1-2-7(13)9(15)16/h7H,1-6H2,(H2,11,14)(H,12,17)(H,15,16)/t7-/m1/s1. The fraction of sp³-hybridized carbons (Fsp3) is 0.700. The zero-order valence-corrected chi connectivity index (χ0v) is 9.92. The summed E-state index contributed by atoms with van der Waals surface area (Å²) in [6.07, 6.45) is 1.16. The number of hydrogen-bond acceptors (Lipinski definition) is 4. The Kier molecular flexibility index (Phi) is 5.37. The van der Waals surface area contributed by atoms with Gasteiger partial charge in [0.15, 0.2) is 0 Å². The third kappa shape index (κ3) is 4.21. The maximum absolute atomic E-state index is 11.7. The Morgan fingerprint density at radius 1 is 1.44 bits per heavy atom. The summed E-state index contributed by atoms with van der Waals surface area (Å²) in [6, 6.07) is -1.18. The number of hydrogen-bond donors (Lipinski definition) is 3. The first-order chi connectivity index (χ1) is 8.52. The first kappa shape index (κ1) is 14.2. The summed E-state index contributed by atoms with van der Waals surface area (Å²) in [5.41, 5.74) is 4.86. The summed E-state index contributed by atoms with van der Waals surface area (Å²) < 4.78 is 4.86. The number of amides is 3. The van der Waals surface area contributed by atoms with Crippen molar-refractivity contribution in [1.29, 1.82) is 0 Å². The van der Waals surface area contributed by atoms with Crippen LogP contribution in [0.4, 0.5) is 4.79 Å². The van der Waals surface area contributed by atoms with Crippen LogP contribution in [0.3, 0.4) is 0 Å². The van der Waals surface area contributed by atoms with Crippen LogP contribution in [0, 0.1) is 0 Å². The SMILES string of the molecule is NC(=O)COCCNC(=O)N1CCC[C@@H]1C(=O)O. The second kappa shape index (κ2) is 6.80. The van der Waals surface area contributed by atoms with Crippen molar-refractivity contribution in [3.63, 3.8) is 0 Å². The zero-order chi connectivity index (χ0) is 13.5. The summed E-state index contributed by atoms with van der Waals surface area (Å²) in [4.78, 5) is 34.2. The molecular weight excluding hydrogens is 242 g/mol. The number of rotatable bonds is 6. The van der Waals surface area contributed by atoms with Gasteiger partial charge in [0.2, 0.25) is 5.91 Å². The summed E-state index contributed by atoms with van der Waals surface area (Å²) >= 11 is 0. The number of carboxylic acid groups (broad SMARTS) is 1. The van der Waals surface area contributed by atoms with E-state index in [1.807, 2.05) is 0 Å². The molecule has 1 rings (SSSR count). The molecule has 1 saturated heterocycles. The average Bonchev–Trinajstić information content (AvgIpc) is 2.76. The van der Waals surface area contributed by atoms with Crippen molar-refractivity contribution in [1.82, 2.24) is 10.2 Å². The molecule has 0 radical (unpaired) electrons. The zero-order valence-electron chi connectivity index (χ0n) is 9.92. The maximum Gasteiger partial charge on any atom is 0.326 e. The van der Waals surface area contributed by atoms with Crippen molar-refractivity contribution >= 4 is 17.9 Å². The van der Waals surface area contributed by atoms with Crippen LogP contribution < -0.4 is 11.1 Å². The van der Waals surface area contributed by atoms with Gasteiger partial charge in [0, 0.05) is 13.1 Å².